The van der Waals surface area contributed by atoms with Gasteiger partial charge in [-0.3, -0.25) is 0 Å². The van der Waals surface area contributed by atoms with Crippen LogP contribution >= 0.6 is 0 Å². The van der Waals surface area contributed by atoms with Crippen molar-refractivity contribution in [3.05, 3.63) is 40.4 Å². The van der Waals surface area contributed by atoms with E-state index in [-0.39, 0.29) is 5.75 Å². The van der Waals surface area contributed by atoms with Crippen LogP contribution in [0.5, 0.6) is 11.5 Å². The SMILES string of the molecule is Cc1cc2c(c(O)c1/C(N)=C/C1=C(N)N(C3CCCCC3)CCO1)CCO2. The lowest BCUT2D eigenvalue weighted by Crippen LogP contribution is -2.44. The summed E-state index contributed by atoms with van der Waals surface area (Å²) in [5.74, 6) is 2.20. The summed E-state index contributed by atoms with van der Waals surface area (Å²) in [6.07, 6.45) is 8.63. The number of fused-ring (bicyclic) bond motifs is 1. The number of nitrogens with two attached hydrogens (primary N) is 2. The number of phenols is 1. The summed E-state index contributed by atoms with van der Waals surface area (Å²) in [6.45, 7) is 3.92. The van der Waals surface area contributed by atoms with Crippen molar-refractivity contribution in [2.75, 3.05) is 19.8 Å². The van der Waals surface area contributed by atoms with Gasteiger partial charge in [0.25, 0.3) is 0 Å². The predicted octanol–water partition coefficient (Wildman–Crippen LogP) is 2.73. The first kappa shape index (κ1) is 17.9. The fourth-order valence-electron chi connectivity index (χ4n) is 4.50. The van der Waals surface area contributed by atoms with E-state index in [4.69, 9.17) is 20.9 Å². The van der Waals surface area contributed by atoms with Gasteiger partial charge in [-0.2, -0.15) is 0 Å². The van der Waals surface area contributed by atoms with Crippen molar-refractivity contribution < 1.29 is 14.6 Å². The Labute approximate surface area is 160 Å². The first-order valence-electron chi connectivity index (χ1n) is 9.91. The number of ether oxygens (including phenoxy) is 2. The molecule has 2 heterocycles. The van der Waals surface area contributed by atoms with Crippen LogP contribution in [0.2, 0.25) is 0 Å². The van der Waals surface area contributed by atoms with E-state index in [2.05, 4.69) is 4.90 Å². The minimum Gasteiger partial charge on any atom is -0.507 e. The monoisotopic (exact) mass is 371 g/mol. The highest BCUT2D eigenvalue weighted by molar-refractivity contribution is 5.75. The second-order valence-electron chi connectivity index (χ2n) is 7.68. The third kappa shape index (κ3) is 3.29. The lowest BCUT2D eigenvalue weighted by atomic mass is 9.94. The summed E-state index contributed by atoms with van der Waals surface area (Å²) in [5.41, 5.74) is 15.6. The van der Waals surface area contributed by atoms with Crippen LogP contribution in [0.3, 0.4) is 0 Å². The molecule has 2 aliphatic heterocycles. The number of allylic oxidation sites excluding steroid dienone is 1. The van der Waals surface area contributed by atoms with Gasteiger partial charge in [0.2, 0.25) is 0 Å². The van der Waals surface area contributed by atoms with E-state index in [0.717, 1.165) is 23.4 Å². The molecule has 6 nitrogen and oxygen atoms in total. The molecule has 1 aromatic carbocycles. The molecule has 4 rings (SSSR count). The lowest BCUT2D eigenvalue weighted by molar-refractivity contribution is 0.0959. The molecule has 5 N–H and O–H groups in total. The summed E-state index contributed by atoms with van der Waals surface area (Å²) < 4.78 is 11.4. The lowest BCUT2D eigenvalue weighted by Gasteiger charge is -2.39. The quantitative estimate of drug-likeness (QED) is 0.756. The highest BCUT2D eigenvalue weighted by atomic mass is 16.5. The van der Waals surface area contributed by atoms with Gasteiger partial charge in [-0.15, -0.1) is 0 Å². The second kappa shape index (κ2) is 7.25. The Bertz CT molecular complexity index is 794. The van der Waals surface area contributed by atoms with E-state index in [1.165, 1.54) is 32.1 Å². The van der Waals surface area contributed by atoms with Crippen LogP contribution in [0, 0.1) is 6.92 Å². The summed E-state index contributed by atoms with van der Waals surface area (Å²) in [5, 5.41) is 10.7. The maximum absolute atomic E-state index is 10.7. The van der Waals surface area contributed by atoms with E-state index >= 15 is 0 Å². The Morgan fingerprint density at radius 2 is 2.00 bits per heavy atom. The molecule has 6 heteroatoms. The number of phenolic OH excluding ortho intramolecular Hbond substituents is 1. The van der Waals surface area contributed by atoms with Crippen LogP contribution in [0.15, 0.2) is 23.7 Å². The second-order valence-corrected chi connectivity index (χ2v) is 7.68. The van der Waals surface area contributed by atoms with E-state index in [1.54, 1.807) is 6.08 Å². The zero-order valence-corrected chi connectivity index (χ0v) is 16.0. The Morgan fingerprint density at radius 1 is 1.22 bits per heavy atom. The summed E-state index contributed by atoms with van der Waals surface area (Å²) >= 11 is 0. The Morgan fingerprint density at radius 3 is 2.78 bits per heavy atom. The van der Waals surface area contributed by atoms with Crippen molar-refractivity contribution in [2.45, 2.75) is 51.5 Å². The maximum atomic E-state index is 10.7. The first-order chi connectivity index (χ1) is 13.1. The number of hydrogen-bond acceptors (Lipinski definition) is 6. The fourth-order valence-corrected chi connectivity index (χ4v) is 4.50. The molecule has 0 saturated heterocycles. The van der Waals surface area contributed by atoms with Crippen LogP contribution in [0.25, 0.3) is 5.70 Å². The van der Waals surface area contributed by atoms with Crippen LogP contribution in [0.4, 0.5) is 0 Å². The number of aromatic hydroxyl groups is 1. The molecule has 0 spiro atoms. The molecule has 146 valence electrons. The molecule has 1 fully saturated rings. The number of hydrogen-bond donors (Lipinski definition) is 3. The molecular formula is C21H29N3O3. The van der Waals surface area contributed by atoms with Gasteiger partial charge in [0.1, 0.15) is 23.9 Å². The molecule has 1 aliphatic carbocycles. The largest absolute Gasteiger partial charge is 0.507 e. The highest BCUT2D eigenvalue weighted by Crippen LogP contribution is 2.40. The minimum absolute atomic E-state index is 0.204. The minimum atomic E-state index is 0.204. The van der Waals surface area contributed by atoms with Gasteiger partial charge < -0.3 is 30.9 Å². The molecule has 27 heavy (non-hydrogen) atoms. The molecule has 3 aliphatic rings. The highest BCUT2D eigenvalue weighted by Gasteiger charge is 2.27. The molecule has 0 aromatic heterocycles. The smallest absolute Gasteiger partial charge is 0.161 e. The average molecular weight is 371 g/mol. The zero-order valence-electron chi connectivity index (χ0n) is 16.0. The predicted molar refractivity (Wildman–Crippen MR) is 105 cm³/mol. The van der Waals surface area contributed by atoms with Crippen molar-refractivity contribution in [3.63, 3.8) is 0 Å². The van der Waals surface area contributed by atoms with Gasteiger partial charge >= 0.3 is 0 Å². The summed E-state index contributed by atoms with van der Waals surface area (Å²) in [6, 6.07) is 2.42. The van der Waals surface area contributed by atoms with Crippen LogP contribution in [-0.4, -0.2) is 35.8 Å². The van der Waals surface area contributed by atoms with Crippen LogP contribution in [-0.2, 0) is 11.2 Å². The van der Waals surface area contributed by atoms with Crippen molar-refractivity contribution >= 4 is 5.70 Å². The third-order valence-electron chi connectivity index (χ3n) is 5.91. The molecule has 1 aromatic rings. The van der Waals surface area contributed by atoms with Gasteiger partial charge in [0.05, 0.1) is 13.2 Å². The van der Waals surface area contributed by atoms with Crippen molar-refractivity contribution in [2.24, 2.45) is 11.5 Å². The Kier molecular flexibility index (Phi) is 4.81. The molecule has 0 unspecified atom stereocenters. The summed E-state index contributed by atoms with van der Waals surface area (Å²) in [4.78, 5) is 2.27. The maximum Gasteiger partial charge on any atom is 0.161 e. The molecule has 0 atom stereocenters. The van der Waals surface area contributed by atoms with E-state index in [1.807, 2.05) is 13.0 Å². The topological polar surface area (TPSA) is 94.0 Å². The normalized spacial score (nSPS) is 21.1. The van der Waals surface area contributed by atoms with E-state index in [0.29, 0.717) is 48.5 Å². The number of rotatable bonds is 3. The van der Waals surface area contributed by atoms with E-state index in [9.17, 15) is 5.11 Å². The van der Waals surface area contributed by atoms with Crippen molar-refractivity contribution in [1.82, 2.24) is 4.90 Å². The van der Waals surface area contributed by atoms with Crippen LogP contribution < -0.4 is 16.2 Å². The zero-order chi connectivity index (χ0) is 19.0. The molecular weight excluding hydrogens is 342 g/mol. The molecule has 0 amide bonds. The standard InChI is InChI=1S/C21H29N3O3/c1-13-11-17-15(7-9-26-17)20(25)19(13)16(22)12-18-21(23)24(8-10-27-18)14-5-3-2-4-6-14/h11-12,14,25H,2-10,22-23H2,1H3/b16-12-. The third-order valence-corrected chi connectivity index (χ3v) is 5.91. The average Bonchev–Trinajstić information content (AvgIpc) is 3.13. The fraction of sp³-hybridized carbons (Fsp3) is 0.524. The van der Waals surface area contributed by atoms with Gasteiger partial charge in [0, 0.05) is 35.4 Å². The van der Waals surface area contributed by atoms with Gasteiger partial charge in [-0.05, 0) is 31.4 Å². The number of nitrogens with zero attached hydrogens (tertiary/aromatic N) is 1. The van der Waals surface area contributed by atoms with Crippen molar-refractivity contribution in [3.8, 4) is 11.5 Å². The number of aryl methyl sites for hydroxylation is 1. The van der Waals surface area contributed by atoms with Gasteiger partial charge in [0.15, 0.2) is 5.76 Å². The molecule has 0 radical (unpaired) electrons. The molecule has 0 bridgehead atoms. The number of benzene rings is 1. The Hall–Kier alpha value is -2.50. The summed E-state index contributed by atoms with van der Waals surface area (Å²) in [7, 11) is 0. The van der Waals surface area contributed by atoms with Crippen LogP contribution in [0.1, 0.15) is 48.8 Å². The van der Waals surface area contributed by atoms with E-state index < -0.39 is 0 Å². The van der Waals surface area contributed by atoms with Gasteiger partial charge in [-0.1, -0.05) is 19.3 Å². The Balaban J connectivity index is 1.66. The first-order valence-corrected chi connectivity index (χ1v) is 9.91. The van der Waals surface area contributed by atoms with Gasteiger partial charge in [-0.25, -0.2) is 0 Å². The van der Waals surface area contributed by atoms with Crippen molar-refractivity contribution in [1.29, 1.82) is 0 Å². The molecule has 1 saturated carbocycles.